The number of nitrogens with one attached hydrogen (secondary N) is 5. The minimum Gasteiger partial charge on any atom is -0.353 e. The summed E-state index contributed by atoms with van der Waals surface area (Å²) in [6.07, 6.45) is 0.879. The highest BCUT2D eigenvalue weighted by Gasteiger charge is 2.25. The number of halogens is 1. The van der Waals surface area contributed by atoms with Gasteiger partial charge in [-0.05, 0) is 27.9 Å². The zero-order valence-corrected chi connectivity index (χ0v) is 17.1. The van der Waals surface area contributed by atoms with Crippen molar-refractivity contribution in [2.75, 3.05) is 25.0 Å². The van der Waals surface area contributed by atoms with E-state index < -0.39 is 11.9 Å². The molecule has 0 saturated carbocycles. The van der Waals surface area contributed by atoms with Gasteiger partial charge in [0, 0.05) is 30.9 Å². The van der Waals surface area contributed by atoms with Crippen LogP contribution in [0.5, 0.6) is 0 Å². The summed E-state index contributed by atoms with van der Waals surface area (Å²) in [7, 11) is 0. The second kappa shape index (κ2) is 9.03. The van der Waals surface area contributed by atoms with E-state index in [1.807, 2.05) is 24.3 Å². The van der Waals surface area contributed by atoms with Crippen LogP contribution in [0.15, 0.2) is 35.3 Å². The SMILES string of the molecule is C=C(Nc1n[nH]c(C(=O)NC2CNCCNC2=O)c1Br)c1ccccc1CC. The third-order valence-electron chi connectivity index (χ3n) is 4.50. The topological polar surface area (TPSA) is 111 Å². The van der Waals surface area contributed by atoms with Crippen molar-refractivity contribution >= 4 is 39.3 Å². The quantitative estimate of drug-likeness (QED) is 0.463. The fourth-order valence-corrected chi connectivity index (χ4v) is 3.43. The Morgan fingerprint density at radius 3 is 2.93 bits per heavy atom. The first-order valence-corrected chi connectivity index (χ1v) is 9.88. The lowest BCUT2D eigenvalue weighted by atomic mass is 10.0. The Labute approximate surface area is 171 Å². The molecule has 1 aliphatic rings. The summed E-state index contributed by atoms with van der Waals surface area (Å²) in [5.74, 6) is -0.183. The molecule has 0 bridgehead atoms. The van der Waals surface area contributed by atoms with Crippen LogP contribution in [0.25, 0.3) is 5.70 Å². The van der Waals surface area contributed by atoms with E-state index in [0.717, 1.165) is 17.5 Å². The predicted molar refractivity (Wildman–Crippen MR) is 112 cm³/mol. The summed E-state index contributed by atoms with van der Waals surface area (Å²) < 4.78 is 0.474. The Morgan fingerprint density at radius 1 is 1.36 bits per heavy atom. The maximum atomic E-state index is 12.6. The van der Waals surface area contributed by atoms with Crippen molar-refractivity contribution in [1.29, 1.82) is 0 Å². The normalized spacial score (nSPS) is 16.8. The molecule has 1 atom stereocenters. The Bertz CT molecular complexity index is 894. The number of rotatable bonds is 6. The molecular formula is C19H23BrN6O2. The molecule has 1 unspecified atom stereocenters. The summed E-state index contributed by atoms with van der Waals surface area (Å²) >= 11 is 3.41. The highest BCUT2D eigenvalue weighted by Crippen LogP contribution is 2.27. The van der Waals surface area contributed by atoms with E-state index in [0.29, 0.717) is 35.6 Å². The van der Waals surface area contributed by atoms with Gasteiger partial charge in [-0.15, -0.1) is 0 Å². The van der Waals surface area contributed by atoms with Gasteiger partial charge < -0.3 is 21.3 Å². The lowest BCUT2D eigenvalue weighted by molar-refractivity contribution is -0.122. The molecule has 8 nitrogen and oxygen atoms in total. The summed E-state index contributed by atoms with van der Waals surface area (Å²) in [4.78, 5) is 24.6. The first kappa shape index (κ1) is 20.1. The maximum Gasteiger partial charge on any atom is 0.271 e. The largest absolute Gasteiger partial charge is 0.353 e. The number of carbonyl (C=O) groups is 2. The van der Waals surface area contributed by atoms with Crippen molar-refractivity contribution in [3.05, 3.63) is 52.1 Å². The van der Waals surface area contributed by atoms with E-state index in [1.54, 1.807) is 0 Å². The Balaban J connectivity index is 1.71. The average Bonchev–Trinajstić information content (AvgIpc) is 2.93. The molecule has 28 heavy (non-hydrogen) atoms. The van der Waals surface area contributed by atoms with Crippen molar-refractivity contribution < 1.29 is 9.59 Å². The highest BCUT2D eigenvalue weighted by molar-refractivity contribution is 9.10. The van der Waals surface area contributed by atoms with Crippen LogP contribution in [0.4, 0.5) is 5.82 Å². The molecule has 1 aromatic carbocycles. The van der Waals surface area contributed by atoms with Gasteiger partial charge in [0.15, 0.2) is 5.82 Å². The number of hydrogen-bond donors (Lipinski definition) is 5. The number of nitrogens with zero attached hydrogens (tertiary/aromatic N) is 1. The van der Waals surface area contributed by atoms with Crippen LogP contribution >= 0.6 is 15.9 Å². The smallest absolute Gasteiger partial charge is 0.271 e. The van der Waals surface area contributed by atoms with Crippen LogP contribution in [-0.2, 0) is 11.2 Å². The van der Waals surface area contributed by atoms with E-state index >= 15 is 0 Å². The number of H-pyrrole nitrogens is 1. The van der Waals surface area contributed by atoms with Gasteiger partial charge in [0.2, 0.25) is 5.91 Å². The first-order valence-electron chi connectivity index (χ1n) is 9.08. The Hall–Kier alpha value is -2.65. The summed E-state index contributed by atoms with van der Waals surface area (Å²) in [5, 5.41) is 18.6. The highest BCUT2D eigenvalue weighted by atomic mass is 79.9. The van der Waals surface area contributed by atoms with Crippen molar-refractivity contribution in [3.8, 4) is 0 Å². The van der Waals surface area contributed by atoms with Crippen LogP contribution < -0.4 is 21.3 Å². The second-order valence-electron chi connectivity index (χ2n) is 6.40. The van der Waals surface area contributed by atoms with Crippen LogP contribution in [0.1, 0.15) is 28.5 Å². The molecule has 2 amide bonds. The van der Waals surface area contributed by atoms with Gasteiger partial charge in [-0.2, -0.15) is 5.10 Å². The molecule has 148 valence electrons. The van der Waals surface area contributed by atoms with E-state index in [4.69, 9.17) is 0 Å². The molecule has 9 heteroatoms. The van der Waals surface area contributed by atoms with Crippen LogP contribution in [0.3, 0.4) is 0 Å². The average molecular weight is 447 g/mol. The van der Waals surface area contributed by atoms with Gasteiger partial charge in [0.05, 0.1) is 4.47 Å². The molecule has 5 N–H and O–H groups in total. The van der Waals surface area contributed by atoms with Crippen molar-refractivity contribution in [2.45, 2.75) is 19.4 Å². The number of aryl methyl sites for hydroxylation is 1. The maximum absolute atomic E-state index is 12.6. The first-order chi connectivity index (χ1) is 13.5. The van der Waals surface area contributed by atoms with Crippen molar-refractivity contribution in [3.63, 3.8) is 0 Å². The molecular weight excluding hydrogens is 424 g/mol. The molecule has 0 spiro atoms. The molecule has 1 aromatic heterocycles. The van der Waals surface area contributed by atoms with E-state index in [-0.39, 0.29) is 11.6 Å². The van der Waals surface area contributed by atoms with Gasteiger partial charge in [-0.1, -0.05) is 37.8 Å². The Kier molecular flexibility index (Phi) is 6.48. The minimum atomic E-state index is -0.645. The second-order valence-corrected chi connectivity index (χ2v) is 7.19. The third kappa shape index (κ3) is 4.42. The molecule has 1 aliphatic heterocycles. The zero-order valence-electron chi connectivity index (χ0n) is 15.6. The predicted octanol–water partition coefficient (Wildman–Crippen LogP) is 1.64. The van der Waals surface area contributed by atoms with Gasteiger partial charge in [0.25, 0.3) is 5.91 Å². The Morgan fingerprint density at radius 2 is 2.14 bits per heavy atom. The number of hydrogen-bond acceptors (Lipinski definition) is 5. The molecule has 1 fully saturated rings. The summed E-state index contributed by atoms with van der Waals surface area (Å²) in [6.45, 7) is 7.75. The molecule has 0 aliphatic carbocycles. The minimum absolute atomic E-state index is 0.211. The molecule has 2 aromatic rings. The standard InChI is InChI=1S/C19H23BrN6O2/c1-3-12-6-4-5-7-13(12)11(2)23-17-15(20)16(25-26-17)19(28)24-14-10-21-8-9-22-18(14)27/h4-7,14,21H,2-3,8-10H2,1H3,(H,22,27)(H,24,28)(H2,23,25,26). The lowest BCUT2D eigenvalue weighted by Gasteiger charge is -2.14. The summed E-state index contributed by atoms with van der Waals surface area (Å²) in [5.41, 5.74) is 3.07. The van der Waals surface area contributed by atoms with Gasteiger partial charge in [0.1, 0.15) is 11.7 Å². The molecule has 1 saturated heterocycles. The van der Waals surface area contributed by atoms with E-state index in [2.05, 4.69) is 60.9 Å². The van der Waals surface area contributed by atoms with Crippen LogP contribution in [-0.4, -0.2) is 47.7 Å². The fourth-order valence-electron chi connectivity index (χ4n) is 2.98. The zero-order chi connectivity index (χ0) is 20.1. The van der Waals surface area contributed by atoms with Crippen LogP contribution in [0, 0.1) is 0 Å². The fraction of sp³-hybridized carbons (Fsp3) is 0.316. The van der Waals surface area contributed by atoms with Gasteiger partial charge >= 0.3 is 0 Å². The molecule has 2 heterocycles. The number of anilines is 1. The number of amides is 2. The van der Waals surface area contributed by atoms with E-state index in [1.165, 1.54) is 0 Å². The third-order valence-corrected chi connectivity index (χ3v) is 5.27. The van der Waals surface area contributed by atoms with Crippen LogP contribution in [0.2, 0.25) is 0 Å². The number of aromatic amines is 1. The van der Waals surface area contributed by atoms with Crippen molar-refractivity contribution in [2.24, 2.45) is 0 Å². The van der Waals surface area contributed by atoms with E-state index in [9.17, 15) is 9.59 Å². The number of aromatic nitrogens is 2. The molecule has 0 radical (unpaired) electrons. The number of benzene rings is 1. The monoisotopic (exact) mass is 446 g/mol. The molecule has 3 rings (SSSR count). The lowest BCUT2D eigenvalue weighted by Crippen LogP contribution is -2.49. The van der Waals surface area contributed by atoms with Crippen molar-refractivity contribution in [1.82, 2.24) is 26.1 Å². The van der Waals surface area contributed by atoms with Gasteiger partial charge in [-0.3, -0.25) is 14.7 Å². The van der Waals surface area contributed by atoms with Gasteiger partial charge in [-0.25, -0.2) is 0 Å². The summed E-state index contributed by atoms with van der Waals surface area (Å²) in [6, 6.07) is 7.33. The number of carbonyl (C=O) groups excluding carboxylic acids is 2.